The third-order valence-electron chi connectivity index (χ3n) is 7.53. The van der Waals surface area contributed by atoms with Crippen molar-refractivity contribution in [1.82, 2.24) is 0 Å². The van der Waals surface area contributed by atoms with Crippen LogP contribution in [0.2, 0.25) is 0 Å². The molecule has 0 saturated carbocycles. The molecule has 2 aromatic carbocycles. The summed E-state index contributed by atoms with van der Waals surface area (Å²) in [7, 11) is 0. The fourth-order valence-electron chi connectivity index (χ4n) is 4.45. The lowest BCUT2D eigenvalue weighted by Crippen LogP contribution is -2.37. The molecule has 0 aliphatic rings. The van der Waals surface area contributed by atoms with Crippen LogP contribution in [0.5, 0.6) is 0 Å². The van der Waals surface area contributed by atoms with E-state index in [1.807, 2.05) is 0 Å². The number of benzene rings is 2. The zero-order valence-electron chi connectivity index (χ0n) is 19.9. The standard InChI is InChI=1S/C26H39NO/c1-14(13-28)27(26-23(10)19(6)16(3)20(7)24(26)11)12-25-21(8)17(4)15(2)18(5)22(25)9/h14,28H,12-13H2,1-11H3. The van der Waals surface area contributed by atoms with Crippen molar-refractivity contribution in [3.05, 3.63) is 61.2 Å². The van der Waals surface area contributed by atoms with Crippen molar-refractivity contribution in [2.75, 3.05) is 11.5 Å². The first-order valence-corrected chi connectivity index (χ1v) is 10.5. The fraction of sp³-hybridized carbons (Fsp3) is 0.538. The lowest BCUT2D eigenvalue weighted by molar-refractivity contribution is 0.266. The molecule has 2 aromatic rings. The summed E-state index contributed by atoms with van der Waals surface area (Å²) in [5.41, 5.74) is 16.4. The third kappa shape index (κ3) is 3.59. The Morgan fingerprint density at radius 1 is 0.571 bits per heavy atom. The van der Waals surface area contributed by atoms with E-state index in [9.17, 15) is 5.11 Å². The van der Waals surface area contributed by atoms with Crippen molar-refractivity contribution < 1.29 is 5.11 Å². The molecular formula is C26H39NO. The number of hydrogen-bond acceptors (Lipinski definition) is 2. The zero-order chi connectivity index (χ0) is 21.5. The van der Waals surface area contributed by atoms with Gasteiger partial charge in [-0.05, 0) is 137 Å². The van der Waals surface area contributed by atoms with Crippen molar-refractivity contribution >= 4 is 5.69 Å². The Morgan fingerprint density at radius 3 is 1.25 bits per heavy atom. The molecule has 0 heterocycles. The van der Waals surface area contributed by atoms with Gasteiger partial charge in [-0.25, -0.2) is 0 Å². The highest BCUT2D eigenvalue weighted by Crippen LogP contribution is 2.36. The van der Waals surface area contributed by atoms with E-state index >= 15 is 0 Å². The molecule has 0 aliphatic heterocycles. The highest BCUT2D eigenvalue weighted by atomic mass is 16.3. The maximum Gasteiger partial charge on any atom is 0.0632 e. The van der Waals surface area contributed by atoms with Gasteiger partial charge in [0, 0.05) is 18.3 Å². The molecule has 2 rings (SSSR count). The summed E-state index contributed by atoms with van der Waals surface area (Å²) < 4.78 is 0. The van der Waals surface area contributed by atoms with Crippen LogP contribution < -0.4 is 4.90 Å². The Balaban J connectivity index is 2.74. The van der Waals surface area contributed by atoms with Crippen LogP contribution in [0.1, 0.15) is 68.1 Å². The van der Waals surface area contributed by atoms with Crippen molar-refractivity contribution in [3.8, 4) is 0 Å². The second-order valence-electron chi connectivity index (χ2n) is 8.74. The van der Waals surface area contributed by atoms with Gasteiger partial charge in [0.05, 0.1) is 6.61 Å². The van der Waals surface area contributed by atoms with E-state index in [2.05, 4.69) is 81.1 Å². The van der Waals surface area contributed by atoms with Gasteiger partial charge in [-0.3, -0.25) is 0 Å². The third-order valence-corrected chi connectivity index (χ3v) is 7.53. The summed E-state index contributed by atoms with van der Waals surface area (Å²) in [6, 6.07) is 0.0552. The van der Waals surface area contributed by atoms with Crippen molar-refractivity contribution in [2.24, 2.45) is 0 Å². The van der Waals surface area contributed by atoms with Crippen LogP contribution in [0, 0.1) is 69.2 Å². The average molecular weight is 382 g/mol. The Kier molecular flexibility index (Phi) is 6.66. The summed E-state index contributed by atoms with van der Waals surface area (Å²) in [5.74, 6) is 0. The lowest BCUT2D eigenvalue weighted by atomic mass is 9.88. The summed E-state index contributed by atoms with van der Waals surface area (Å²) in [4.78, 5) is 2.42. The van der Waals surface area contributed by atoms with Gasteiger partial charge in [-0.1, -0.05) is 0 Å². The summed E-state index contributed by atoms with van der Waals surface area (Å²) in [6.45, 7) is 25.4. The van der Waals surface area contributed by atoms with Crippen LogP contribution in [0.4, 0.5) is 5.69 Å². The Hall–Kier alpha value is -1.80. The first-order chi connectivity index (χ1) is 12.9. The van der Waals surface area contributed by atoms with Gasteiger partial charge in [0.25, 0.3) is 0 Å². The van der Waals surface area contributed by atoms with E-state index in [1.54, 1.807) is 0 Å². The van der Waals surface area contributed by atoms with E-state index in [0.29, 0.717) is 0 Å². The van der Waals surface area contributed by atoms with Gasteiger partial charge in [-0.2, -0.15) is 0 Å². The highest BCUT2D eigenvalue weighted by molar-refractivity contribution is 5.67. The minimum Gasteiger partial charge on any atom is -0.394 e. The fourth-order valence-corrected chi connectivity index (χ4v) is 4.45. The van der Waals surface area contributed by atoms with Gasteiger partial charge in [-0.15, -0.1) is 0 Å². The minimum absolute atomic E-state index is 0.0552. The SMILES string of the molecule is Cc1c(C)c(C)c(CN(c2c(C)c(C)c(C)c(C)c2C)C(C)CO)c(C)c1C. The second kappa shape index (κ2) is 8.29. The predicted octanol–water partition coefficient (Wildman–Crippen LogP) is 6.16. The molecule has 0 fully saturated rings. The molecule has 28 heavy (non-hydrogen) atoms. The van der Waals surface area contributed by atoms with Crippen molar-refractivity contribution in [3.63, 3.8) is 0 Å². The van der Waals surface area contributed by atoms with Gasteiger partial charge < -0.3 is 10.0 Å². The predicted molar refractivity (Wildman–Crippen MR) is 123 cm³/mol. The van der Waals surface area contributed by atoms with Crippen LogP contribution in [0.25, 0.3) is 0 Å². The number of anilines is 1. The van der Waals surface area contributed by atoms with E-state index < -0.39 is 0 Å². The van der Waals surface area contributed by atoms with Crippen LogP contribution in [-0.4, -0.2) is 17.8 Å². The molecule has 0 aliphatic carbocycles. The average Bonchev–Trinajstić information content (AvgIpc) is 2.68. The Morgan fingerprint density at radius 2 is 0.893 bits per heavy atom. The maximum atomic E-state index is 10.1. The molecule has 0 spiro atoms. The first kappa shape index (κ1) is 22.5. The Labute approximate surface area is 172 Å². The number of nitrogens with zero attached hydrogens (tertiary/aromatic N) is 1. The van der Waals surface area contributed by atoms with Gasteiger partial charge in [0.15, 0.2) is 0 Å². The van der Waals surface area contributed by atoms with Crippen LogP contribution in [-0.2, 0) is 6.54 Å². The largest absolute Gasteiger partial charge is 0.394 e. The van der Waals surface area contributed by atoms with Crippen LogP contribution in [0.15, 0.2) is 0 Å². The number of aliphatic hydroxyl groups excluding tert-OH is 1. The van der Waals surface area contributed by atoms with Crippen LogP contribution >= 0.6 is 0 Å². The normalized spacial score (nSPS) is 12.4. The molecule has 2 nitrogen and oxygen atoms in total. The number of aliphatic hydroxyl groups is 1. The zero-order valence-corrected chi connectivity index (χ0v) is 19.9. The molecule has 0 amide bonds. The minimum atomic E-state index is 0.0552. The summed E-state index contributed by atoms with van der Waals surface area (Å²) in [5, 5.41) is 10.1. The van der Waals surface area contributed by atoms with Gasteiger partial charge in [0.1, 0.15) is 0 Å². The van der Waals surface area contributed by atoms with Gasteiger partial charge in [0.2, 0.25) is 0 Å². The van der Waals surface area contributed by atoms with E-state index in [0.717, 1.165) is 6.54 Å². The summed E-state index contributed by atoms with van der Waals surface area (Å²) >= 11 is 0. The van der Waals surface area contributed by atoms with Gasteiger partial charge >= 0.3 is 0 Å². The van der Waals surface area contributed by atoms with Crippen molar-refractivity contribution in [1.29, 1.82) is 0 Å². The molecule has 2 heteroatoms. The molecule has 0 saturated heterocycles. The van der Waals surface area contributed by atoms with Crippen LogP contribution in [0.3, 0.4) is 0 Å². The summed E-state index contributed by atoms with van der Waals surface area (Å²) in [6.07, 6.45) is 0. The molecular weight excluding hydrogens is 342 g/mol. The monoisotopic (exact) mass is 381 g/mol. The maximum absolute atomic E-state index is 10.1. The molecule has 1 atom stereocenters. The molecule has 154 valence electrons. The number of hydrogen-bond donors (Lipinski definition) is 1. The Bertz CT molecular complexity index is 850. The smallest absolute Gasteiger partial charge is 0.0632 e. The quantitative estimate of drug-likeness (QED) is 0.670. The topological polar surface area (TPSA) is 23.5 Å². The van der Waals surface area contributed by atoms with E-state index in [1.165, 1.54) is 66.9 Å². The first-order valence-electron chi connectivity index (χ1n) is 10.5. The molecule has 1 unspecified atom stereocenters. The molecule has 0 radical (unpaired) electrons. The van der Waals surface area contributed by atoms with E-state index in [4.69, 9.17) is 0 Å². The van der Waals surface area contributed by atoms with E-state index in [-0.39, 0.29) is 12.6 Å². The van der Waals surface area contributed by atoms with Crippen molar-refractivity contribution in [2.45, 2.75) is 88.7 Å². The second-order valence-corrected chi connectivity index (χ2v) is 8.74. The highest BCUT2D eigenvalue weighted by Gasteiger charge is 2.24. The lowest BCUT2D eigenvalue weighted by Gasteiger charge is -2.36. The molecule has 0 aromatic heterocycles. The molecule has 1 N–H and O–H groups in total. The number of rotatable bonds is 5. The molecule has 0 bridgehead atoms.